The zero-order valence-corrected chi connectivity index (χ0v) is 13.4. The van der Waals surface area contributed by atoms with Crippen molar-refractivity contribution in [1.29, 1.82) is 0 Å². The van der Waals surface area contributed by atoms with Crippen molar-refractivity contribution in [2.45, 2.75) is 29.5 Å². The minimum Gasteiger partial charge on any atom is -0.368 e. The maximum Gasteiger partial charge on any atom is 0.341 e. The van der Waals surface area contributed by atoms with Gasteiger partial charge in [0.2, 0.25) is 9.84 Å². The number of hydrogen-bond donors (Lipinski definition) is 0. The molecule has 1 atom stereocenters. The van der Waals surface area contributed by atoms with Crippen LogP contribution in [0.3, 0.4) is 0 Å². The molecule has 1 aliphatic rings. The second kappa shape index (κ2) is 5.92. The molecule has 0 saturated heterocycles. The van der Waals surface area contributed by atoms with Gasteiger partial charge in [-0.15, -0.1) is 0 Å². The van der Waals surface area contributed by atoms with Crippen molar-refractivity contribution < 1.29 is 17.2 Å². The Morgan fingerprint density at radius 3 is 2.39 bits per heavy atom. The summed E-state index contributed by atoms with van der Waals surface area (Å²) in [6, 6.07) is 14.1. The first-order chi connectivity index (χ1) is 10.9. The zero-order valence-electron chi connectivity index (χ0n) is 12.6. The number of sulfone groups is 1. The van der Waals surface area contributed by atoms with Gasteiger partial charge in [0.1, 0.15) is 0 Å². The molecule has 0 spiro atoms. The Labute approximate surface area is 134 Å². The lowest BCUT2D eigenvalue weighted by atomic mass is 10.1. The van der Waals surface area contributed by atoms with Crippen LogP contribution in [0.2, 0.25) is 0 Å². The van der Waals surface area contributed by atoms with Gasteiger partial charge in [0.25, 0.3) is 0 Å². The van der Waals surface area contributed by atoms with E-state index in [9.17, 15) is 17.2 Å². The molecule has 3 rings (SSSR count). The van der Waals surface area contributed by atoms with Gasteiger partial charge in [-0.1, -0.05) is 24.3 Å². The summed E-state index contributed by atoms with van der Waals surface area (Å²) in [5.41, 5.74) is 3.39. The highest BCUT2D eigenvalue weighted by molar-refractivity contribution is 7.91. The molecule has 0 radical (unpaired) electrons. The van der Waals surface area contributed by atoms with Crippen LogP contribution in [0, 0.1) is 0 Å². The van der Waals surface area contributed by atoms with Crippen LogP contribution in [0.15, 0.2) is 53.4 Å². The fraction of sp³-hybridized carbons (Fsp3) is 0.294. The Morgan fingerprint density at radius 1 is 1.09 bits per heavy atom. The van der Waals surface area contributed by atoms with Gasteiger partial charge in [-0.2, -0.15) is 8.78 Å². The SMILES string of the molecule is CN(c1ccc(S(=O)(=O)C(F)F)cc1)C1CCc2ccccc21. The maximum atomic E-state index is 12.6. The lowest BCUT2D eigenvalue weighted by molar-refractivity contribution is 0.234. The molecule has 3 nitrogen and oxygen atoms in total. The first kappa shape index (κ1) is 15.9. The fourth-order valence-corrected chi connectivity index (χ4v) is 3.81. The van der Waals surface area contributed by atoms with Crippen molar-refractivity contribution >= 4 is 15.5 Å². The molecule has 6 heteroatoms. The quantitative estimate of drug-likeness (QED) is 0.851. The third-order valence-corrected chi connectivity index (χ3v) is 5.77. The zero-order chi connectivity index (χ0) is 16.6. The highest BCUT2D eigenvalue weighted by Gasteiger charge is 2.28. The minimum absolute atomic E-state index is 0.212. The molecular formula is C17H17F2NO2S. The van der Waals surface area contributed by atoms with Gasteiger partial charge in [-0.3, -0.25) is 0 Å². The number of benzene rings is 2. The van der Waals surface area contributed by atoms with Gasteiger partial charge in [0, 0.05) is 12.7 Å². The van der Waals surface area contributed by atoms with Crippen molar-refractivity contribution in [3.63, 3.8) is 0 Å². The molecule has 2 aromatic carbocycles. The average Bonchev–Trinajstić information content (AvgIpc) is 2.98. The van der Waals surface area contributed by atoms with E-state index in [2.05, 4.69) is 17.0 Å². The predicted octanol–water partition coefficient (Wildman–Crippen LogP) is 3.81. The molecule has 0 bridgehead atoms. The molecule has 0 amide bonds. The Kier molecular flexibility index (Phi) is 4.10. The number of fused-ring (bicyclic) bond motifs is 1. The van der Waals surface area contributed by atoms with Crippen LogP contribution in [-0.4, -0.2) is 21.2 Å². The summed E-state index contributed by atoms with van der Waals surface area (Å²) in [4.78, 5) is 1.71. The monoisotopic (exact) mass is 337 g/mol. The Morgan fingerprint density at radius 2 is 1.74 bits per heavy atom. The van der Waals surface area contributed by atoms with Gasteiger partial charge in [-0.25, -0.2) is 8.42 Å². The second-order valence-corrected chi connectivity index (χ2v) is 7.58. The summed E-state index contributed by atoms with van der Waals surface area (Å²) in [6.45, 7) is 0. The van der Waals surface area contributed by atoms with E-state index >= 15 is 0 Å². The second-order valence-electron chi connectivity index (χ2n) is 5.66. The number of nitrogens with zero attached hydrogens (tertiary/aromatic N) is 1. The molecule has 0 saturated carbocycles. The molecule has 23 heavy (non-hydrogen) atoms. The molecule has 2 aromatic rings. The molecule has 122 valence electrons. The Bertz CT molecular complexity index is 804. The summed E-state index contributed by atoms with van der Waals surface area (Å²) in [6.07, 6.45) is 1.98. The number of hydrogen-bond acceptors (Lipinski definition) is 3. The van der Waals surface area contributed by atoms with Gasteiger partial charge >= 0.3 is 5.76 Å². The molecule has 0 aliphatic heterocycles. The minimum atomic E-state index is -4.54. The van der Waals surface area contributed by atoms with Crippen LogP contribution in [0.25, 0.3) is 0 Å². The van der Waals surface area contributed by atoms with Crippen LogP contribution in [0.1, 0.15) is 23.6 Å². The van der Waals surface area contributed by atoms with Crippen LogP contribution in [0.5, 0.6) is 0 Å². The highest BCUT2D eigenvalue weighted by atomic mass is 32.2. The van der Waals surface area contributed by atoms with Crippen molar-refractivity contribution in [2.24, 2.45) is 0 Å². The van der Waals surface area contributed by atoms with Crippen molar-refractivity contribution in [3.8, 4) is 0 Å². The molecule has 1 unspecified atom stereocenters. The lowest BCUT2D eigenvalue weighted by Crippen LogP contribution is -2.22. The third kappa shape index (κ3) is 2.83. The van der Waals surface area contributed by atoms with E-state index in [0.29, 0.717) is 0 Å². The first-order valence-electron chi connectivity index (χ1n) is 7.34. The molecular weight excluding hydrogens is 320 g/mol. The standard InChI is InChI=1S/C17H17F2NO2S/c1-20(16-11-6-12-4-2-3-5-15(12)16)13-7-9-14(10-8-13)23(21,22)17(18)19/h2-5,7-10,16-17H,6,11H2,1H3. The smallest absolute Gasteiger partial charge is 0.341 e. The van der Waals surface area contributed by atoms with Crippen molar-refractivity contribution in [3.05, 3.63) is 59.7 Å². The first-order valence-corrected chi connectivity index (χ1v) is 8.88. The van der Waals surface area contributed by atoms with E-state index in [0.717, 1.165) is 18.5 Å². The van der Waals surface area contributed by atoms with Crippen molar-refractivity contribution in [1.82, 2.24) is 0 Å². The Balaban J connectivity index is 1.86. The largest absolute Gasteiger partial charge is 0.368 e. The normalized spacial score (nSPS) is 17.3. The summed E-state index contributed by atoms with van der Waals surface area (Å²) >= 11 is 0. The van der Waals surface area contributed by atoms with E-state index in [4.69, 9.17) is 0 Å². The summed E-state index contributed by atoms with van der Waals surface area (Å²) < 4.78 is 48.1. The van der Waals surface area contributed by atoms with Crippen LogP contribution in [0.4, 0.5) is 14.5 Å². The number of anilines is 1. The van der Waals surface area contributed by atoms with Gasteiger partial charge < -0.3 is 4.90 Å². The average molecular weight is 337 g/mol. The van der Waals surface area contributed by atoms with Crippen molar-refractivity contribution in [2.75, 3.05) is 11.9 Å². The van der Waals surface area contributed by atoms with Gasteiger partial charge in [0.05, 0.1) is 10.9 Å². The van der Waals surface area contributed by atoms with E-state index in [1.54, 1.807) is 12.1 Å². The van der Waals surface area contributed by atoms with E-state index in [1.165, 1.54) is 23.3 Å². The van der Waals surface area contributed by atoms with Gasteiger partial charge in [-0.05, 0) is 48.2 Å². The Hall–Kier alpha value is -1.95. The van der Waals surface area contributed by atoms with E-state index in [1.807, 2.05) is 19.2 Å². The predicted molar refractivity (Wildman–Crippen MR) is 85.5 cm³/mol. The molecule has 0 N–H and O–H groups in total. The number of alkyl halides is 2. The maximum absolute atomic E-state index is 12.6. The van der Waals surface area contributed by atoms with E-state index < -0.39 is 15.6 Å². The third-order valence-electron chi connectivity index (χ3n) is 4.38. The molecule has 0 aromatic heterocycles. The lowest BCUT2D eigenvalue weighted by Gasteiger charge is -2.27. The summed E-state index contributed by atoms with van der Waals surface area (Å²) in [7, 11) is -2.60. The number of halogens is 2. The number of rotatable bonds is 4. The topological polar surface area (TPSA) is 37.4 Å². The molecule has 0 heterocycles. The van der Waals surface area contributed by atoms with E-state index in [-0.39, 0.29) is 10.9 Å². The fourth-order valence-electron chi connectivity index (χ4n) is 3.09. The highest BCUT2D eigenvalue weighted by Crippen LogP contribution is 2.37. The van der Waals surface area contributed by atoms with Gasteiger partial charge in [0.15, 0.2) is 0 Å². The molecule has 1 aliphatic carbocycles. The van der Waals surface area contributed by atoms with Crippen LogP contribution >= 0.6 is 0 Å². The summed E-state index contributed by atoms with van der Waals surface area (Å²) in [5.74, 6) is -3.40. The van der Waals surface area contributed by atoms with Crippen LogP contribution < -0.4 is 4.90 Å². The van der Waals surface area contributed by atoms with Crippen LogP contribution in [-0.2, 0) is 16.3 Å². The number of aryl methyl sites for hydroxylation is 1. The summed E-state index contributed by atoms with van der Waals surface area (Å²) in [5, 5.41) is 0. The molecule has 0 fully saturated rings.